The van der Waals surface area contributed by atoms with Gasteiger partial charge in [0.2, 0.25) is 0 Å². The van der Waals surface area contributed by atoms with E-state index in [-0.39, 0.29) is 17.4 Å². The van der Waals surface area contributed by atoms with Crippen molar-refractivity contribution in [2.75, 3.05) is 31.1 Å². The number of anilines is 1. The highest BCUT2D eigenvalue weighted by Crippen LogP contribution is 2.59. The first-order chi connectivity index (χ1) is 13.1. The third-order valence-electron chi connectivity index (χ3n) is 6.37. The number of hydrogen-bond donors (Lipinski definition) is 2. The Hall–Kier alpha value is -2.47. The van der Waals surface area contributed by atoms with Gasteiger partial charge in [0.05, 0.1) is 0 Å². The molecule has 1 unspecified atom stereocenters. The number of amides is 1. The maximum atomic E-state index is 12.3. The first-order valence-corrected chi connectivity index (χ1v) is 9.81. The van der Waals surface area contributed by atoms with Crippen molar-refractivity contribution >= 4 is 11.7 Å². The molecule has 1 aromatic heterocycles. The lowest BCUT2D eigenvalue weighted by Gasteiger charge is -2.22. The predicted molar refractivity (Wildman–Crippen MR) is 104 cm³/mol. The smallest absolute Gasteiger partial charge is 0.272 e. The zero-order valence-electron chi connectivity index (χ0n) is 15.6. The largest absolute Gasteiger partial charge is 0.354 e. The Morgan fingerprint density at radius 1 is 1.22 bits per heavy atom. The Morgan fingerprint density at radius 2 is 2.07 bits per heavy atom. The summed E-state index contributed by atoms with van der Waals surface area (Å²) in [6.45, 7) is 5.90. The molecule has 2 saturated heterocycles. The molecule has 6 heteroatoms. The predicted octanol–water partition coefficient (Wildman–Crippen LogP) is 1.65. The summed E-state index contributed by atoms with van der Waals surface area (Å²) in [6, 6.07) is 12.9. The first kappa shape index (κ1) is 16.7. The Balaban J connectivity index is 1.26. The van der Waals surface area contributed by atoms with Gasteiger partial charge >= 0.3 is 0 Å². The Bertz CT molecular complexity index is 844. The monoisotopic (exact) mass is 363 g/mol. The molecule has 1 saturated carbocycles. The molecule has 140 valence electrons. The molecule has 5 rings (SSSR count). The van der Waals surface area contributed by atoms with Crippen LogP contribution in [-0.4, -0.2) is 48.3 Å². The molecule has 27 heavy (non-hydrogen) atoms. The van der Waals surface area contributed by atoms with Crippen LogP contribution >= 0.6 is 0 Å². The normalized spacial score (nSPS) is 28.9. The molecule has 1 aliphatic carbocycles. The molecule has 0 bridgehead atoms. The van der Waals surface area contributed by atoms with Gasteiger partial charge in [-0.05, 0) is 49.9 Å². The van der Waals surface area contributed by atoms with E-state index in [1.54, 1.807) is 6.07 Å². The van der Waals surface area contributed by atoms with E-state index in [1.807, 2.05) is 6.07 Å². The van der Waals surface area contributed by atoms with Crippen molar-refractivity contribution in [1.82, 2.24) is 20.8 Å². The fourth-order valence-corrected chi connectivity index (χ4v) is 4.64. The second kappa shape index (κ2) is 6.30. The topological polar surface area (TPSA) is 70.2 Å². The number of carbonyl (C=O) groups is 1. The number of aryl methyl sites for hydroxylation is 1. The maximum Gasteiger partial charge on any atom is 0.272 e. The molecule has 1 aromatic carbocycles. The van der Waals surface area contributed by atoms with Crippen LogP contribution in [0.3, 0.4) is 0 Å². The van der Waals surface area contributed by atoms with Crippen LogP contribution in [0.15, 0.2) is 36.4 Å². The zero-order valence-corrected chi connectivity index (χ0v) is 15.6. The number of nitrogens with one attached hydrogen (secondary N) is 2. The first-order valence-electron chi connectivity index (χ1n) is 9.81. The molecule has 0 radical (unpaired) electrons. The molecule has 6 nitrogen and oxygen atoms in total. The summed E-state index contributed by atoms with van der Waals surface area (Å²) in [7, 11) is 0. The van der Waals surface area contributed by atoms with Crippen molar-refractivity contribution < 1.29 is 4.79 Å². The summed E-state index contributed by atoms with van der Waals surface area (Å²) in [4.78, 5) is 14.6. The minimum atomic E-state index is -0.136. The Labute approximate surface area is 159 Å². The molecule has 3 aliphatic rings. The molecular formula is C21H25N5O. The van der Waals surface area contributed by atoms with Crippen LogP contribution < -0.4 is 15.5 Å². The molecule has 0 spiro atoms. The quantitative estimate of drug-likeness (QED) is 0.865. The SMILES string of the molecule is Cc1ccc([C@]23C[C@H]2CN(c2ccc(C(=O)NC4CCNC4)nn2)C3)cc1. The van der Waals surface area contributed by atoms with Crippen molar-refractivity contribution in [1.29, 1.82) is 0 Å². The van der Waals surface area contributed by atoms with Gasteiger partial charge in [0, 0.05) is 31.1 Å². The van der Waals surface area contributed by atoms with Crippen molar-refractivity contribution in [3.63, 3.8) is 0 Å². The molecule has 2 aliphatic heterocycles. The van der Waals surface area contributed by atoms with E-state index >= 15 is 0 Å². The summed E-state index contributed by atoms with van der Waals surface area (Å²) >= 11 is 0. The Morgan fingerprint density at radius 3 is 2.78 bits per heavy atom. The summed E-state index contributed by atoms with van der Waals surface area (Å²) in [5.74, 6) is 1.43. The van der Waals surface area contributed by atoms with E-state index in [4.69, 9.17) is 0 Å². The van der Waals surface area contributed by atoms with Gasteiger partial charge in [-0.2, -0.15) is 0 Å². The molecule has 1 amide bonds. The summed E-state index contributed by atoms with van der Waals surface area (Å²) in [5.41, 5.74) is 3.41. The summed E-state index contributed by atoms with van der Waals surface area (Å²) in [6.07, 6.45) is 2.23. The number of aromatic nitrogens is 2. The number of carbonyl (C=O) groups excluding carboxylic acids is 1. The number of rotatable bonds is 4. The molecular weight excluding hydrogens is 338 g/mol. The lowest BCUT2D eigenvalue weighted by molar-refractivity contribution is 0.0934. The summed E-state index contributed by atoms with van der Waals surface area (Å²) < 4.78 is 0. The zero-order chi connectivity index (χ0) is 18.4. The van der Waals surface area contributed by atoms with Crippen LogP contribution in [0, 0.1) is 12.8 Å². The van der Waals surface area contributed by atoms with E-state index < -0.39 is 0 Å². The average molecular weight is 363 g/mol. The minimum Gasteiger partial charge on any atom is -0.354 e. The number of fused-ring (bicyclic) bond motifs is 1. The second-order valence-corrected chi connectivity index (χ2v) is 8.24. The van der Waals surface area contributed by atoms with Gasteiger partial charge in [0.25, 0.3) is 5.91 Å². The molecule has 2 aromatic rings. The number of piperidine rings is 1. The standard InChI is InChI=1S/C21H25N5O/c1-14-2-4-15(5-3-14)21-10-16(21)12-26(13-21)19-7-6-18(24-25-19)20(27)23-17-8-9-22-11-17/h2-7,16-17,22H,8-13H2,1H3,(H,23,27)/t16-,17?,21+/m0/s1. The lowest BCUT2D eigenvalue weighted by atomic mass is 9.94. The van der Waals surface area contributed by atoms with Crippen LogP contribution in [0.4, 0.5) is 5.82 Å². The van der Waals surface area contributed by atoms with E-state index in [1.165, 1.54) is 17.5 Å². The van der Waals surface area contributed by atoms with Gasteiger partial charge < -0.3 is 15.5 Å². The van der Waals surface area contributed by atoms with Crippen molar-refractivity contribution in [3.05, 3.63) is 53.2 Å². The van der Waals surface area contributed by atoms with Crippen molar-refractivity contribution in [2.45, 2.75) is 31.2 Å². The van der Waals surface area contributed by atoms with E-state index in [0.717, 1.165) is 38.4 Å². The highest BCUT2D eigenvalue weighted by atomic mass is 16.2. The summed E-state index contributed by atoms with van der Waals surface area (Å²) in [5, 5.41) is 14.8. The van der Waals surface area contributed by atoms with Crippen molar-refractivity contribution in [2.24, 2.45) is 5.92 Å². The molecule has 2 N–H and O–H groups in total. The van der Waals surface area contributed by atoms with E-state index in [2.05, 4.69) is 56.9 Å². The van der Waals surface area contributed by atoms with E-state index in [0.29, 0.717) is 11.6 Å². The highest BCUT2D eigenvalue weighted by molar-refractivity contribution is 5.92. The van der Waals surface area contributed by atoms with Crippen LogP contribution in [0.1, 0.15) is 34.5 Å². The van der Waals surface area contributed by atoms with Gasteiger partial charge in [-0.25, -0.2) is 0 Å². The third-order valence-corrected chi connectivity index (χ3v) is 6.37. The van der Waals surface area contributed by atoms with Crippen LogP contribution in [0.5, 0.6) is 0 Å². The Kier molecular flexibility index (Phi) is 3.90. The fraction of sp³-hybridized carbons (Fsp3) is 0.476. The molecule has 3 fully saturated rings. The van der Waals surface area contributed by atoms with Gasteiger partial charge in [-0.15, -0.1) is 10.2 Å². The lowest BCUT2D eigenvalue weighted by Crippen LogP contribution is -2.36. The van der Waals surface area contributed by atoms with Crippen LogP contribution in [0.2, 0.25) is 0 Å². The number of hydrogen-bond acceptors (Lipinski definition) is 5. The van der Waals surface area contributed by atoms with Crippen molar-refractivity contribution in [3.8, 4) is 0 Å². The van der Waals surface area contributed by atoms with Gasteiger partial charge in [0.1, 0.15) is 0 Å². The van der Waals surface area contributed by atoms with Gasteiger partial charge in [0.15, 0.2) is 11.5 Å². The van der Waals surface area contributed by atoms with Crippen LogP contribution in [-0.2, 0) is 5.41 Å². The third kappa shape index (κ3) is 2.98. The minimum absolute atomic E-state index is 0.136. The molecule has 3 heterocycles. The maximum absolute atomic E-state index is 12.3. The average Bonchev–Trinajstić information content (AvgIpc) is 3.03. The van der Waals surface area contributed by atoms with E-state index in [9.17, 15) is 4.79 Å². The van der Waals surface area contributed by atoms with Gasteiger partial charge in [-0.3, -0.25) is 4.79 Å². The molecule has 3 atom stereocenters. The number of nitrogens with zero attached hydrogens (tertiary/aromatic N) is 3. The van der Waals surface area contributed by atoms with Crippen LogP contribution in [0.25, 0.3) is 0 Å². The fourth-order valence-electron chi connectivity index (χ4n) is 4.64. The second-order valence-electron chi connectivity index (χ2n) is 8.24. The number of benzene rings is 1. The highest BCUT2D eigenvalue weighted by Gasteiger charge is 2.61. The van der Waals surface area contributed by atoms with Gasteiger partial charge in [-0.1, -0.05) is 29.8 Å².